The summed E-state index contributed by atoms with van der Waals surface area (Å²) in [5.74, 6) is 0.943. The molecule has 114 valence electrons. The number of aryl methyl sites for hydroxylation is 1. The van der Waals surface area contributed by atoms with Gasteiger partial charge in [0.25, 0.3) is 0 Å². The lowest BCUT2D eigenvalue weighted by molar-refractivity contribution is -0.117. The molecule has 2 fully saturated rings. The number of carbonyl (C=O) groups is 1. The number of nitrogens with one attached hydrogen (secondary N) is 2. The molecule has 0 spiro atoms. The minimum absolute atomic E-state index is 0.0238. The molecule has 21 heavy (non-hydrogen) atoms. The summed E-state index contributed by atoms with van der Waals surface area (Å²) in [5.41, 5.74) is 2.27. The third-order valence-corrected chi connectivity index (χ3v) is 5.07. The highest BCUT2D eigenvalue weighted by Crippen LogP contribution is 2.34. The lowest BCUT2D eigenvalue weighted by Gasteiger charge is -2.24. The lowest BCUT2D eigenvalue weighted by Crippen LogP contribution is -2.40. The van der Waals surface area contributed by atoms with Crippen LogP contribution in [-0.2, 0) is 4.79 Å². The van der Waals surface area contributed by atoms with Crippen LogP contribution in [0, 0.1) is 19.8 Å². The Balaban J connectivity index is 1.68. The van der Waals surface area contributed by atoms with Gasteiger partial charge in [-0.2, -0.15) is 0 Å². The molecular formula is C17H24N2O2. The van der Waals surface area contributed by atoms with Gasteiger partial charge in [-0.3, -0.25) is 4.79 Å². The van der Waals surface area contributed by atoms with E-state index in [1.54, 1.807) is 0 Å². The molecule has 2 aliphatic rings. The summed E-state index contributed by atoms with van der Waals surface area (Å²) < 4.78 is 0. The first kappa shape index (κ1) is 14.4. The van der Waals surface area contributed by atoms with Gasteiger partial charge in [0.15, 0.2) is 0 Å². The second-order valence-electron chi connectivity index (χ2n) is 6.50. The van der Waals surface area contributed by atoms with E-state index in [0.29, 0.717) is 17.6 Å². The van der Waals surface area contributed by atoms with E-state index in [1.807, 2.05) is 26.0 Å². The van der Waals surface area contributed by atoms with Crippen molar-refractivity contribution in [3.05, 3.63) is 23.3 Å². The zero-order valence-corrected chi connectivity index (χ0v) is 12.8. The van der Waals surface area contributed by atoms with Crippen molar-refractivity contribution in [2.24, 2.45) is 5.92 Å². The molecule has 0 bridgehead atoms. The van der Waals surface area contributed by atoms with Gasteiger partial charge in [0.1, 0.15) is 5.75 Å². The summed E-state index contributed by atoms with van der Waals surface area (Å²) in [6.07, 6.45) is 5.94. The van der Waals surface area contributed by atoms with Crippen molar-refractivity contribution < 1.29 is 9.90 Å². The Morgan fingerprint density at radius 1 is 1.29 bits per heavy atom. The SMILES string of the molecule is Cc1ccc(NC(=O)C2CC3CCCCC3N2)c(C)c1O. The molecule has 1 saturated heterocycles. The van der Waals surface area contributed by atoms with Crippen LogP contribution in [0.3, 0.4) is 0 Å². The van der Waals surface area contributed by atoms with Crippen molar-refractivity contribution in [2.45, 2.75) is 58.0 Å². The second-order valence-corrected chi connectivity index (χ2v) is 6.50. The molecule has 1 aromatic carbocycles. The van der Waals surface area contributed by atoms with E-state index in [4.69, 9.17) is 0 Å². The standard InChI is InChI=1S/C17H24N2O2/c1-10-7-8-13(11(2)16(10)20)19-17(21)15-9-12-5-3-4-6-14(12)18-15/h7-8,12,14-15,18,20H,3-6,9H2,1-2H3,(H,19,21). The molecule has 0 aromatic heterocycles. The molecule has 3 rings (SSSR count). The van der Waals surface area contributed by atoms with Crippen LogP contribution in [-0.4, -0.2) is 23.1 Å². The summed E-state index contributed by atoms with van der Waals surface area (Å²) in [6.45, 7) is 3.69. The number of carbonyl (C=O) groups excluding carboxylic acids is 1. The molecule has 4 heteroatoms. The summed E-state index contributed by atoms with van der Waals surface area (Å²) in [5, 5.41) is 16.4. The molecule has 4 nitrogen and oxygen atoms in total. The van der Waals surface area contributed by atoms with Crippen molar-refractivity contribution in [1.29, 1.82) is 0 Å². The summed E-state index contributed by atoms with van der Waals surface area (Å²) in [7, 11) is 0. The van der Waals surface area contributed by atoms with Crippen molar-refractivity contribution in [3.8, 4) is 5.75 Å². The van der Waals surface area contributed by atoms with Crippen LogP contribution in [0.15, 0.2) is 12.1 Å². The number of fused-ring (bicyclic) bond motifs is 1. The molecule has 3 atom stereocenters. The Morgan fingerprint density at radius 2 is 2.05 bits per heavy atom. The Bertz CT molecular complexity index is 542. The van der Waals surface area contributed by atoms with Crippen LogP contribution in [0.5, 0.6) is 5.75 Å². The maximum Gasteiger partial charge on any atom is 0.241 e. The molecule has 3 N–H and O–H groups in total. The fourth-order valence-electron chi connectivity index (χ4n) is 3.71. The van der Waals surface area contributed by atoms with Gasteiger partial charge in [-0.15, -0.1) is 0 Å². The average Bonchev–Trinajstić information content (AvgIpc) is 2.92. The first-order valence-electron chi connectivity index (χ1n) is 7.92. The van der Waals surface area contributed by atoms with Crippen molar-refractivity contribution in [1.82, 2.24) is 5.32 Å². The maximum atomic E-state index is 12.5. The quantitative estimate of drug-likeness (QED) is 0.784. The van der Waals surface area contributed by atoms with Gasteiger partial charge in [0.2, 0.25) is 5.91 Å². The van der Waals surface area contributed by atoms with E-state index in [-0.39, 0.29) is 17.7 Å². The number of hydrogen-bond acceptors (Lipinski definition) is 3. The molecule has 1 amide bonds. The predicted octanol–water partition coefficient (Wildman–Crippen LogP) is 2.87. The molecular weight excluding hydrogens is 264 g/mol. The highest BCUT2D eigenvalue weighted by Gasteiger charge is 2.38. The summed E-state index contributed by atoms with van der Waals surface area (Å²) >= 11 is 0. The molecule has 1 aromatic rings. The Kier molecular flexibility index (Phi) is 3.89. The van der Waals surface area contributed by atoms with Crippen molar-refractivity contribution >= 4 is 11.6 Å². The predicted molar refractivity (Wildman–Crippen MR) is 83.5 cm³/mol. The van der Waals surface area contributed by atoms with E-state index in [2.05, 4.69) is 10.6 Å². The number of phenolic OH excluding ortho intramolecular Hbond substituents is 1. The smallest absolute Gasteiger partial charge is 0.241 e. The van der Waals surface area contributed by atoms with E-state index in [0.717, 1.165) is 17.5 Å². The molecule has 3 unspecified atom stereocenters. The molecule has 1 saturated carbocycles. The fourth-order valence-corrected chi connectivity index (χ4v) is 3.71. The number of anilines is 1. The number of rotatable bonds is 2. The van der Waals surface area contributed by atoms with Gasteiger partial charge in [0, 0.05) is 17.3 Å². The van der Waals surface area contributed by atoms with Crippen molar-refractivity contribution in [3.63, 3.8) is 0 Å². The van der Waals surface area contributed by atoms with Gasteiger partial charge in [-0.05, 0) is 50.7 Å². The Labute approximate surface area is 125 Å². The maximum absolute atomic E-state index is 12.5. The number of phenols is 1. The van der Waals surface area contributed by atoms with Gasteiger partial charge in [0.05, 0.1) is 6.04 Å². The molecule has 1 aliphatic carbocycles. The molecule has 0 radical (unpaired) electrons. The van der Waals surface area contributed by atoms with Gasteiger partial charge >= 0.3 is 0 Å². The normalized spacial score (nSPS) is 28.2. The number of benzene rings is 1. The number of hydrogen-bond donors (Lipinski definition) is 3. The monoisotopic (exact) mass is 288 g/mol. The first-order valence-corrected chi connectivity index (χ1v) is 7.92. The number of amides is 1. The zero-order chi connectivity index (χ0) is 15.0. The highest BCUT2D eigenvalue weighted by molar-refractivity contribution is 5.96. The van der Waals surface area contributed by atoms with Gasteiger partial charge in [-0.1, -0.05) is 18.9 Å². The molecule has 1 aliphatic heterocycles. The average molecular weight is 288 g/mol. The van der Waals surface area contributed by atoms with Crippen LogP contribution in [0.4, 0.5) is 5.69 Å². The first-order chi connectivity index (χ1) is 10.1. The largest absolute Gasteiger partial charge is 0.507 e. The third kappa shape index (κ3) is 2.77. The highest BCUT2D eigenvalue weighted by atomic mass is 16.3. The van der Waals surface area contributed by atoms with Crippen LogP contribution in [0.2, 0.25) is 0 Å². The second kappa shape index (κ2) is 5.68. The molecule has 1 heterocycles. The Morgan fingerprint density at radius 3 is 2.81 bits per heavy atom. The van der Waals surface area contributed by atoms with Crippen LogP contribution in [0.1, 0.15) is 43.2 Å². The van der Waals surface area contributed by atoms with Crippen LogP contribution >= 0.6 is 0 Å². The summed E-state index contributed by atoms with van der Waals surface area (Å²) in [6, 6.07) is 4.12. The van der Waals surface area contributed by atoms with Gasteiger partial charge < -0.3 is 15.7 Å². The third-order valence-electron chi connectivity index (χ3n) is 5.07. The lowest BCUT2D eigenvalue weighted by atomic mass is 9.85. The Hall–Kier alpha value is -1.55. The minimum atomic E-state index is -0.0963. The fraction of sp³-hybridized carbons (Fsp3) is 0.588. The van der Waals surface area contributed by atoms with Gasteiger partial charge in [-0.25, -0.2) is 0 Å². The van der Waals surface area contributed by atoms with E-state index < -0.39 is 0 Å². The zero-order valence-electron chi connectivity index (χ0n) is 12.8. The minimum Gasteiger partial charge on any atom is -0.507 e. The number of aromatic hydroxyl groups is 1. The van der Waals surface area contributed by atoms with Crippen LogP contribution < -0.4 is 10.6 Å². The van der Waals surface area contributed by atoms with Crippen LogP contribution in [0.25, 0.3) is 0 Å². The van der Waals surface area contributed by atoms with E-state index >= 15 is 0 Å². The van der Waals surface area contributed by atoms with E-state index in [9.17, 15) is 9.90 Å². The van der Waals surface area contributed by atoms with E-state index in [1.165, 1.54) is 25.7 Å². The topological polar surface area (TPSA) is 61.4 Å². The summed E-state index contributed by atoms with van der Waals surface area (Å²) in [4.78, 5) is 12.5. The van der Waals surface area contributed by atoms with Crippen molar-refractivity contribution in [2.75, 3.05) is 5.32 Å².